The molecule has 0 fully saturated rings. The molecule has 0 heterocycles. The van der Waals surface area contributed by atoms with E-state index in [1.807, 2.05) is 0 Å². The van der Waals surface area contributed by atoms with Crippen LogP contribution in [0.1, 0.15) is 24.8 Å². The average Bonchev–Trinajstić information content (AvgIpc) is 2.09. The molecule has 14 heavy (non-hydrogen) atoms. The number of benzene rings is 1. The minimum atomic E-state index is -0.539. The van der Waals surface area contributed by atoms with Crippen LogP contribution in [0.4, 0.5) is 4.39 Å². The van der Waals surface area contributed by atoms with E-state index in [0.29, 0.717) is 16.5 Å². The Morgan fingerprint density at radius 3 is 2.71 bits per heavy atom. The lowest BCUT2D eigenvalue weighted by Gasteiger charge is -2.12. The van der Waals surface area contributed by atoms with Crippen molar-refractivity contribution in [2.45, 2.75) is 19.3 Å². The summed E-state index contributed by atoms with van der Waals surface area (Å²) in [6.45, 7) is 1.80. The molecule has 76 valence electrons. The van der Waals surface area contributed by atoms with Gasteiger partial charge in [-0.15, -0.1) is 0 Å². The first kappa shape index (κ1) is 11.2. The van der Waals surface area contributed by atoms with Gasteiger partial charge in [0, 0.05) is 10.0 Å². The maximum atomic E-state index is 13.4. The zero-order valence-electron chi connectivity index (χ0n) is 7.76. The molecule has 0 aliphatic rings. The Kier molecular flexibility index (Phi) is 3.63. The molecule has 0 saturated carbocycles. The molecule has 0 aromatic heterocycles. The van der Waals surface area contributed by atoms with Gasteiger partial charge in [0.25, 0.3) is 0 Å². The van der Waals surface area contributed by atoms with E-state index in [0.717, 1.165) is 0 Å². The summed E-state index contributed by atoms with van der Waals surface area (Å²) in [5.74, 6) is -1.43. The molecule has 1 amide bonds. The van der Waals surface area contributed by atoms with E-state index < -0.39 is 17.6 Å². The van der Waals surface area contributed by atoms with Crippen molar-refractivity contribution in [3.63, 3.8) is 0 Å². The fraction of sp³-hybridized carbons (Fsp3) is 0.300. The highest BCUT2D eigenvalue weighted by Crippen LogP contribution is 2.24. The van der Waals surface area contributed by atoms with Gasteiger partial charge >= 0.3 is 0 Å². The molecule has 0 aliphatic carbocycles. The van der Waals surface area contributed by atoms with Gasteiger partial charge in [0.15, 0.2) is 0 Å². The van der Waals surface area contributed by atoms with Crippen LogP contribution < -0.4 is 5.73 Å². The van der Waals surface area contributed by atoms with Gasteiger partial charge in [0.1, 0.15) is 5.82 Å². The number of nitrogens with two attached hydrogens (primary N) is 1. The minimum Gasteiger partial charge on any atom is -0.369 e. The second kappa shape index (κ2) is 4.55. The molecule has 1 aromatic carbocycles. The molecular weight excluding hydrogens is 249 g/mol. The first-order valence-electron chi connectivity index (χ1n) is 4.30. The van der Waals surface area contributed by atoms with Crippen LogP contribution in [0.25, 0.3) is 0 Å². The Hall–Kier alpha value is -0.900. The highest BCUT2D eigenvalue weighted by atomic mass is 79.9. The smallest absolute Gasteiger partial charge is 0.225 e. The maximum Gasteiger partial charge on any atom is 0.225 e. The van der Waals surface area contributed by atoms with Crippen LogP contribution in [0, 0.1) is 5.82 Å². The number of carbonyl (C=O) groups excluding carboxylic acids is 1. The Labute approximate surface area is 90.4 Å². The van der Waals surface area contributed by atoms with Gasteiger partial charge in [0.2, 0.25) is 5.91 Å². The van der Waals surface area contributed by atoms with Crippen LogP contribution in [0.3, 0.4) is 0 Å². The third kappa shape index (κ3) is 2.32. The zero-order valence-corrected chi connectivity index (χ0v) is 9.34. The van der Waals surface area contributed by atoms with E-state index in [4.69, 9.17) is 5.73 Å². The lowest BCUT2D eigenvalue weighted by molar-refractivity contribution is -0.119. The molecule has 1 unspecified atom stereocenters. The van der Waals surface area contributed by atoms with Crippen molar-refractivity contribution >= 4 is 21.8 Å². The number of carbonyl (C=O) groups is 1. The van der Waals surface area contributed by atoms with E-state index in [2.05, 4.69) is 15.9 Å². The fourth-order valence-electron chi connectivity index (χ4n) is 1.36. The third-order valence-corrected chi connectivity index (χ3v) is 2.58. The Morgan fingerprint density at radius 2 is 2.29 bits per heavy atom. The van der Waals surface area contributed by atoms with E-state index in [9.17, 15) is 9.18 Å². The quantitative estimate of drug-likeness (QED) is 0.891. The summed E-state index contributed by atoms with van der Waals surface area (Å²) in [6, 6.07) is 4.61. The van der Waals surface area contributed by atoms with Gasteiger partial charge in [-0.25, -0.2) is 4.39 Å². The second-order valence-electron chi connectivity index (χ2n) is 3.03. The van der Waals surface area contributed by atoms with Gasteiger partial charge in [-0.05, 0) is 18.6 Å². The summed E-state index contributed by atoms with van der Waals surface area (Å²) in [6.07, 6.45) is 0.508. The SMILES string of the molecule is CCC(C(N)=O)c1ccc(Br)cc1F. The van der Waals surface area contributed by atoms with Gasteiger partial charge < -0.3 is 5.73 Å². The fourth-order valence-corrected chi connectivity index (χ4v) is 1.69. The van der Waals surface area contributed by atoms with Crippen molar-refractivity contribution in [1.82, 2.24) is 0 Å². The first-order valence-corrected chi connectivity index (χ1v) is 5.09. The lowest BCUT2D eigenvalue weighted by atomic mass is 9.95. The van der Waals surface area contributed by atoms with Crippen molar-refractivity contribution in [2.75, 3.05) is 0 Å². The molecule has 4 heteroatoms. The predicted molar refractivity (Wildman–Crippen MR) is 56.3 cm³/mol. The van der Waals surface area contributed by atoms with E-state index in [-0.39, 0.29) is 0 Å². The predicted octanol–water partition coefficient (Wildman–Crippen LogP) is 2.57. The summed E-state index contributed by atoms with van der Waals surface area (Å²) in [5, 5.41) is 0. The van der Waals surface area contributed by atoms with Crippen molar-refractivity contribution in [1.29, 1.82) is 0 Å². The second-order valence-corrected chi connectivity index (χ2v) is 3.94. The van der Waals surface area contributed by atoms with Gasteiger partial charge in [-0.2, -0.15) is 0 Å². The highest BCUT2D eigenvalue weighted by molar-refractivity contribution is 9.10. The van der Waals surface area contributed by atoms with Crippen LogP contribution >= 0.6 is 15.9 Å². The molecule has 0 saturated heterocycles. The molecule has 0 bridgehead atoms. The monoisotopic (exact) mass is 259 g/mol. The summed E-state index contributed by atoms with van der Waals surface area (Å²) in [5.41, 5.74) is 5.53. The van der Waals surface area contributed by atoms with Gasteiger partial charge in [0.05, 0.1) is 5.92 Å². The lowest BCUT2D eigenvalue weighted by Crippen LogP contribution is -2.21. The molecule has 2 nitrogen and oxygen atoms in total. The minimum absolute atomic E-state index is 0.364. The van der Waals surface area contributed by atoms with Crippen LogP contribution in [0.15, 0.2) is 22.7 Å². The Balaban J connectivity index is 3.10. The third-order valence-electron chi connectivity index (χ3n) is 2.09. The van der Waals surface area contributed by atoms with Crippen LogP contribution in [0.5, 0.6) is 0 Å². The van der Waals surface area contributed by atoms with Crippen molar-refractivity contribution in [3.05, 3.63) is 34.1 Å². The Bertz CT molecular complexity index is 354. The Morgan fingerprint density at radius 1 is 1.64 bits per heavy atom. The molecule has 0 spiro atoms. The number of primary amides is 1. The number of halogens is 2. The van der Waals surface area contributed by atoms with Crippen LogP contribution in [-0.2, 0) is 4.79 Å². The topological polar surface area (TPSA) is 43.1 Å². The molecule has 1 atom stereocenters. The summed E-state index contributed by atoms with van der Waals surface area (Å²) in [4.78, 5) is 11.0. The van der Waals surface area contributed by atoms with E-state index in [1.165, 1.54) is 6.07 Å². The summed E-state index contributed by atoms with van der Waals surface area (Å²) >= 11 is 3.15. The van der Waals surface area contributed by atoms with Gasteiger partial charge in [-0.3, -0.25) is 4.79 Å². The maximum absolute atomic E-state index is 13.4. The standard InChI is InChI=1S/C10H11BrFNO/c1-2-7(10(13)14)8-4-3-6(11)5-9(8)12/h3-5,7H,2H2,1H3,(H2,13,14). The first-order chi connectivity index (χ1) is 6.56. The molecule has 2 N–H and O–H groups in total. The average molecular weight is 260 g/mol. The van der Waals surface area contributed by atoms with Crippen LogP contribution in [0.2, 0.25) is 0 Å². The molecule has 0 aliphatic heterocycles. The summed E-state index contributed by atoms with van der Waals surface area (Å²) < 4.78 is 14.1. The van der Waals surface area contributed by atoms with Crippen molar-refractivity contribution in [3.8, 4) is 0 Å². The molecule has 0 radical (unpaired) electrons. The largest absolute Gasteiger partial charge is 0.369 e. The number of rotatable bonds is 3. The number of hydrogen-bond donors (Lipinski definition) is 1. The summed E-state index contributed by atoms with van der Waals surface area (Å²) in [7, 11) is 0. The molecule has 1 aromatic rings. The number of hydrogen-bond acceptors (Lipinski definition) is 1. The number of amides is 1. The van der Waals surface area contributed by atoms with Gasteiger partial charge in [-0.1, -0.05) is 28.9 Å². The van der Waals surface area contributed by atoms with Crippen LogP contribution in [-0.4, -0.2) is 5.91 Å². The normalized spacial score (nSPS) is 12.5. The van der Waals surface area contributed by atoms with Crippen molar-refractivity contribution < 1.29 is 9.18 Å². The molecule has 1 rings (SSSR count). The van der Waals surface area contributed by atoms with E-state index in [1.54, 1.807) is 19.1 Å². The zero-order chi connectivity index (χ0) is 10.7. The van der Waals surface area contributed by atoms with E-state index >= 15 is 0 Å². The molecular formula is C10H11BrFNO. The highest BCUT2D eigenvalue weighted by Gasteiger charge is 2.19. The van der Waals surface area contributed by atoms with Crippen molar-refractivity contribution in [2.24, 2.45) is 5.73 Å².